The molecule has 0 atom stereocenters. The van der Waals surface area contributed by atoms with Gasteiger partial charge in [-0.05, 0) is 33.6 Å². The van der Waals surface area contributed by atoms with Gasteiger partial charge in [-0.25, -0.2) is 4.99 Å². The quantitative estimate of drug-likeness (QED) is 0.728. The van der Waals surface area contributed by atoms with Gasteiger partial charge in [-0.2, -0.15) is 0 Å². The highest BCUT2D eigenvalue weighted by molar-refractivity contribution is 6.15. The van der Waals surface area contributed by atoms with Crippen LogP contribution >= 0.6 is 0 Å². The smallest absolute Gasteiger partial charge is 0.319 e. The third kappa shape index (κ3) is 2.72. The summed E-state index contributed by atoms with van der Waals surface area (Å²) in [5.74, 6) is 1.26. The van der Waals surface area contributed by atoms with Gasteiger partial charge in [0.1, 0.15) is 22.6 Å². The van der Waals surface area contributed by atoms with Gasteiger partial charge in [0.15, 0.2) is 0 Å². The van der Waals surface area contributed by atoms with Crippen molar-refractivity contribution in [1.82, 2.24) is 4.90 Å². The second kappa shape index (κ2) is 5.94. The van der Waals surface area contributed by atoms with E-state index in [9.17, 15) is 4.79 Å². The van der Waals surface area contributed by atoms with Crippen LogP contribution in [0.3, 0.4) is 0 Å². The fourth-order valence-corrected chi connectivity index (χ4v) is 2.65. The molecule has 0 aromatic heterocycles. The SMILES string of the molecule is CCOC(=O)C(CC)(CC)C1=NC(C)(C)C(N(C)C)=N1. The van der Waals surface area contributed by atoms with Crippen LogP contribution in [0.5, 0.6) is 0 Å². The number of hydrogen-bond donors (Lipinski definition) is 0. The van der Waals surface area contributed by atoms with E-state index < -0.39 is 11.0 Å². The van der Waals surface area contributed by atoms with E-state index in [0.717, 1.165) is 5.84 Å². The second-order valence-electron chi connectivity index (χ2n) is 5.83. The number of carbonyl (C=O) groups is 1. The Kier molecular flexibility index (Phi) is 4.95. The highest BCUT2D eigenvalue weighted by atomic mass is 16.5. The summed E-state index contributed by atoms with van der Waals surface area (Å²) in [7, 11) is 3.89. The predicted molar refractivity (Wildman–Crippen MR) is 82.3 cm³/mol. The third-order valence-electron chi connectivity index (χ3n) is 3.87. The number of aliphatic imine (C=N–C) groups is 2. The number of amidine groups is 2. The number of carbonyl (C=O) groups excluding carboxylic acids is 1. The lowest BCUT2D eigenvalue weighted by molar-refractivity contribution is -0.151. The van der Waals surface area contributed by atoms with Crippen LogP contribution in [0.15, 0.2) is 9.98 Å². The monoisotopic (exact) mass is 281 g/mol. The molecule has 0 unspecified atom stereocenters. The minimum atomic E-state index is -0.731. The Morgan fingerprint density at radius 3 is 2.15 bits per heavy atom. The molecule has 0 aliphatic carbocycles. The van der Waals surface area contributed by atoms with Crippen LogP contribution in [0.25, 0.3) is 0 Å². The molecule has 1 rings (SSSR count). The summed E-state index contributed by atoms with van der Waals surface area (Å²) < 4.78 is 5.26. The van der Waals surface area contributed by atoms with Crippen LogP contribution in [-0.4, -0.2) is 48.8 Å². The first-order valence-electron chi connectivity index (χ1n) is 7.29. The summed E-state index contributed by atoms with van der Waals surface area (Å²) in [6.07, 6.45) is 1.28. The number of ether oxygens (including phenoxy) is 1. The van der Waals surface area contributed by atoms with Gasteiger partial charge in [-0.1, -0.05) is 13.8 Å². The average molecular weight is 281 g/mol. The molecule has 0 saturated heterocycles. The number of rotatable bonds is 5. The normalized spacial score (nSPS) is 17.6. The maximum absolute atomic E-state index is 12.4. The minimum Gasteiger partial charge on any atom is -0.465 e. The summed E-state index contributed by atoms with van der Waals surface area (Å²) >= 11 is 0. The Morgan fingerprint density at radius 2 is 1.80 bits per heavy atom. The van der Waals surface area contributed by atoms with Crippen molar-refractivity contribution in [2.45, 2.75) is 53.0 Å². The molecule has 0 saturated carbocycles. The lowest BCUT2D eigenvalue weighted by atomic mass is 9.81. The van der Waals surface area contributed by atoms with Crippen LogP contribution in [0, 0.1) is 5.41 Å². The molecule has 0 aromatic carbocycles. The number of nitrogens with zero attached hydrogens (tertiary/aromatic N) is 3. The summed E-state index contributed by atoms with van der Waals surface area (Å²) in [4.78, 5) is 23.7. The maximum Gasteiger partial charge on any atom is 0.319 e. The molecule has 0 aromatic rings. The van der Waals surface area contributed by atoms with Gasteiger partial charge >= 0.3 is 5.97 Å². The van der Waals surface area contributed by atoms with Crippen molar-refractivity contribution in [3.63, 3.8) is 0 Å². The van der Waals surface area contributed by atoms with Crippen LogP contribution in [-0.2, 0) is 9.53 Å². The van der Waals surface area contributed by atoms with Crippen molar-refractivity contribution >= 4 is 17.6 Å². The first-order valence-corrected chi connectivity index (χ1v) is 7.29. The van der Waals surface area contributed by atoms with Gasteiger partial charge in [0.25, 0.3) is 0 Å². The summed E-state index contributed by atoms with van der Waals surface area (Å²) in [6, 6.07) is 0. The first-order chi connectivity index (χ1) is 9.25. The highest BCUT2D eigenvalue weighted by Gasteiger charge is 2.47. The van der Waals surface area contributed by atoms with Crippen molar-refractivity contribution in [3.8, 4) is 0 Å². The molecule has 5 heteroatoms. The summed E-state index contributed by atoms with van der Waals surface area (Å²) in [5, 5.41) is 0. The molecule has 5 nitrogen and oxygen atoms in total. The van der Waals surface area contributed by atoms with Gasteiger partial charge < -0.3 is 9.64 Å². The van der Waals surface area contributed by atoms with Crippen LogP contribution < -0.4 is 0 Å². The minimum absolute atomic E-state index is 0.219. The molecular weight excluding hydrogens is 254 g/mol. The zero-order valence-corrected chi connectivity index (χ0v) is 13.8. The van der Waals surface area contributed by atoms with Crippen LogP contribution in [0.2, 0.25) is 0 Å². The molecule has 0 bridgehead atoms. The standard InChI is InChI=1S/C15H27N3O2/c1-8-15(9-2,13(19)20-10-3)11-16-12(18(6)7)14(4,5)17-11/h8-10H2,1-7H3. The van der Waals surface area contributed by atoms with Crippen molar-refractivity contribution < 1.29 is 9.53 Å². The van der Waals surface area contributed by atoms with E-state index >= 15 is 0 Å². The van der Waals surface area contributed by atoms with E-state index in [-0.39, 0.29) is 5.97 Å². The van der Waals surface area contributed by atoms with Gasteiger partial charge in [0.05, 0.1) is 6.61 Å². The maximum atomic E-state index is 12.4. The second-order valence-corrected chi connectivity index (χ2v) is 5.83. The van der Waals surface area contributed by atoms with Crippen molar-refractivity contribution in [3.05, 3.63) is 0 Å². The predicted octanol–water partition coefficient (Wildman–Crippen LogP) is 2.51. The first kappa shape index (κ1) is 16.7. The Bertz CT molecular complexity index is 432. The van der Waals surface area contributed by atoms with Crippen LogP contribution in [0.4, 0.5) is 0 Å². The Balaban J connectivity index is 3.28. The average Bonchev–Trinajstić information content (AvgIpc) is 2.68. The molecule has 114 valence electrons. The van der Waals surface area contributed by atoms with Gasteiger partial charge in [-0.3, -0.25) is 9.79 Å². The van der Waals surface area contributed by atoms with Crippen LogP contribution in [0.1, 0.15) is 47.5 Å². The van der Waals surface area contributed by atoms with E-state index in [2.05, 4.69) is 4.99 Å². The molecular formula is C15H27N3O2. The van der Waals surface area contributed by atoms with E-state index in [4.69, 9.17) is 9.73 Å². The molecule has 1 aliphatic rings. The van der Waals surface area contributed by atoms with Crippen molar-refractivity contribution in [1.29, 1.82) is 0 Å². The molecule has 0 amide bonds. The number of hydrogen-bond acceptors (Lipinski definition) is 5. The molecule has 1 aliphatic heterocycles. The molecule has 0 radical (unpaired) electrons. The Labute approximate surface area is 122 Å². The molecule has 1 heterocycles. The fraction of sp³-hybridized carbons (Fsp3) is 0.800. The van der Waals surface area contributed by atoms with Crippen molar-refractivity contribution in [2.75, 3.05) is 20.7 Å². The van der Waals surface area contributed by atoms with E-state index in [0.29, 0.717) is 25.3 Å². The molecule has 0 fully saturated rings. The zero-order chi connectivity index (χ0) is 15.6. The lowest BCUT2D eigenvalue weighted by Crippen LogP contribution is -2.39. The van der Waals surface area contributed by atoms with E-state index in [1.165, 1.54) is 0 Å². The molecule has 0 spiro atoms. The Morgan fingerprint density at radius 1 is 1.25 bits per heavy atom. The fourth-order valence-electron chi connectivity index (χ4n) is 2.65. The Hall–Kier alpha value is -1.39. The largest absolute Gasteiger partial charge is 0.465 e. The summed E-state index contributed by atoms with van der Waals surface area (Å²) in [6.45, 7) is 10.2. The van der Waals surface area contributed by atoms with Gasteiger partial charge in [0, 0.05) is 14.1 Å². The number of likely N-dealkylation sites (N-methyl/N-ethyl adjacent to an activating group) is 1. The molecule has 0 N–H and O–H groups in total. The lowest BCUT2D eigenvalue weighted by Gasteiger charge is -2.27. The third-order valence-corrected chi connectivity index (χ3v) is 3.87. The van der Waals surface area contributed by atoms with E-state index in [1.807, 2.05) is 53.6 Å². The van der Waals surface area contributed by atoms with Gasteiger partial charge in [0.2, 0.25) is 0 Å². The zero-order valence-electron chi connectivity index (χ0n) is 13.8. The topological polar surface area (TPSA) is 54.3 Å². The summed E-state index contributed by atoms with van der Waals surface area (Å²) in [5.41, 5.74) is -1.13. The van der Waals surface area contributed by atoms with Gasteiger partial charge in [-0.15, -0.1) is 0 Å². The number of esters is 1. The van der Waals surface area contributed by atoms with E-state index in [1.54, 1.807) is 0 Å². The van der Waals surface area contributed by atoms with Crippen molar-refractivity contribution in [2.24, 2.45) is 15.4 Å². The highest BCUT2D eigenvalue weighted by Crippen LogP contribution is 2.36. The molecule has 20 heavy (non-hydrogen) atoms.